The largest absolute Gasteiger partial charge is 0.316 e. The van der Waals surface area contributed by atoms with E-state index in [-0.39, 0.29) is 0 Å². The van der Waals surface area contributed by atoms with Crippen LogP contribution in [0, 0.1) is 0 Å². The van der Waals surface area contributed by atoms with Crippen molar-refractivity contribution in [1.29, 1.82) is 0 Å². The van der Waals surface area contributed by atoms with Crippen LogP contribution >= 0.6 is 35.0 Å². The van der Waals surface area contributed by atoms with Crippen molar-refractivity contribution in [1.82, 2.24) is 5.32 Å². The summed E-state index contributed by atoms with van der Waals surface area (Å²) < 4.78 is 0. The van der Waals surface area contributed by atoms with Crippen LogP contribution in [-0.2, 0) is 6.54 Å². The van der Waals surface area contributed by atoms with Crippen LogP contribution in [-0.4, -0.2) is 7.05 Å². The van der Waals surface area contributed by atoms with Gasteiger partial charge in [-0.25, -0.2) is 0 Å². The Morgan fingerprint density at radius 2 is 1.83 bits per heavy atom. The van der Waals surface area contributed by atoms with Crippen LogP contribution in [0.5, 0.6) is 0 Å². The van der Waals surface area contributed by atoms with E-state index >= 15 is 0 Å². The smallest absolute Gasteiger partial charge is 0.0546 e. The first-order valence-electron chi connectivity index (χ1n) is 5.56. The Bertz CT molecular complexity index is 543. The van der Waals surface area contributed by atoms with E-state index in [1.54, 1.807) is 17.8 Å². The highest BCUT2D eigenvalue weighted by atomic mass is 35.5. The first kappa shape index (κ1) is 13.8. The lowest BCUT2D eigenvalue weighted by Crippen LogP contribution is -2.05. The molecule has 1 nitrogen and oxygen atoms in total. The Morgan fingerprint density at radius 3 is 2.61 bits per heavy atom. The van der Waals surface area contributed by atoms with Gasteiger partial charge in [0.25, 0.3) is 0 Å². The molecule has 0 unspecified atom stereocenters. The summed E-state index contributed by atoms with van der Waals surface area (Å²) in [5, 5.41) is 4.59. The zero-order chi connectivity index (χ0) is 13.0. The Balaban J connectivity index is 2.30. The molecule has 0 spiro atoms. The first-order valence-corrected chi connectivity index (χ1v) is 7.13. The van der Waals surface area contributed by atoms with Crippen LogP contribution in [0.15, 0.2) is 52.3 Å². The van der Waals surface area contributed by atoms with Crippen LogP contribution < -0.4 is 5.32 Å². The molecule has 0 aliphatic rings. The zero-order valence-electron chi connectivity index (χ0n) is 9.91. The maximum atomic E-state index is 6.18. The first-order chi connectivity index (χ1) is 8.70. The van der Waals surface area contributed by atoms with Crippen molar-refractivity contribution in [2.45, 2.75) is 16.3 Å². The second-order valence-electron chi connectivity index (χ2n) is 3.81. The van der Waals surface area contributed by atoms with Crippen molar-refractivity contribution in [3.05, 3.63) is 58.1 Å². The fourth-order valence-corrected chi connectivity index (χ4v) is 3.09. The monoisotopic (exact) mass is 297 g/mol. The van der Waals surface area contributed by atoms with Crippen LogP contribution in [0.1, 0.15) is 5.56 Å². The molecule has 2 aromatic carbocycles. The fourth-order valence-electron chi connectivity index (χ4n) is 1.61. The molecule has 18 heavy (non-hydrogen) atoms. The number of hydrogen-bond donors (Lipinski definition) is 1. The second-order valence-corrected chi connectivity index (χ2v) is 5.74. The summed E-state index contributed by atoms with van der Waals surface area (Å²) in [6.07, 6.45) is 0. The average molecular weight is 298 g/mol. The van der Waals surface area contributed by atoms with E-state index in [2.05, 4.69) is 17.4 Å². The van der Waals surface area contributed by atoms with E-state index in [1.807, 2.05) is 31.3 Å². The minimum atomic E-state index is 0.702. The Kier molecular flexibility index (Phi) is 4.95. The molecule has 0 aliphatic heterocycles. The maximum Gasteiger partial charge on any atom is 0.0546 e. The van der Waals surface area contributed by atoms with Crippen molar-refractivity contribution in [2.75, 3.05) is 7.05 Å². The molecule has 2 aromatic rings. The van der Waals surface area contributed by atoms with E-state index in [0.29, 0.717) is 5.02 Å². The quantitative estimate of drug-likeness (QED) is 0.864. The third kappa shape index (κ3) is 3.42. The molecule has 0 aromatic heterocycles. The predicted octanol–water partition coefficient (Wildman–Crippen LogP) is 4.86. The summed E-state index contributed by atoms with van der Waals surface area (Å²) in [6, 6.07) is 13.8. The number of nitrogens with one attached hydrogen (secondary N) is 1. The van der Waals surface area contributed by atoms with Crippen LogP contribution in [0.3, 0.4) is 0 Å². The maximum absolute atomic E-state index is 6.18. The van der Waals surface area contributed by atoms with E-state index in [0.717, 1.165) is 16.5 Å². The van der Waals surface area contributed by atoms with E-state index in [1.165, 1.54) is 10.5 Å². The Hall–Kier alpha value is -0.670. The Morgan fingerprint density at radius 1 is 1.06 bits per heavy atom. The molecule has 0 amide bonds. The molecule has 0 fully saturated rings. The average Bonchev–Trinajstić information content (AvgIpc) is 2.36. The molecule has 0 heterocycles. The Labute approximate surface area is 121 Å². The molecular formula is C14H13Cl2NS. The molecule has 0 aliphatic carbocycles. The van der Waals surface area contributed by atoms with Gasteiger partial charge >= 0.3 is 0 Å². The van der Waals surface area contributed by atoms with Gasteiger partial charge in [-0.1, -0.05) is 53.2 Å². The normalized spacial score (nSPS) is 10.6. The number of rotatable bonds is 4. The lowest BCUT2D eigenvalue weighted by molar-refractivity contribution is 0.803. The van der Waals surface area contributed by atoms with E-state index < -0.39 is 0 Å². The molecule has 2 rings (SSSR count). The molecule has 0 radical (unpaired) electrons. The lowest BCUT2D eigenvalue weighted by atomic mass is 10.2. The molecule has 94 valence electrons. The third-order valence-electron chi connectivity index (χ3n) is 2.45. The summed E-state index contributed by atoms with van der Waals surface area (Å²) in [7, 11) is 1.94. The van der Waals surface area contributed by atoms with Crippen molar-refractivity contribution < 1.29 is 0 Å². The molecule has 1 N–H and O–H groups in total. The number of hydrogen-bond acceptors (Lipinski definition) is 2. The van der Waals surface area contributed by atoms with Gasteiger partial charge in [0.15, 0.2) is 0 Å². The van der Waals surface area contributed by atoms with E-state index in [4.69, 9.17) is 23.2 Å². The van der Waals surface area contributed by atoms with Gasteiger partial charge in [-0.05, 0) is 36.9 Å². The van der Waals surface area contributed by atoms with Crippen molar-refractivity contribution >= 4 is 35.0 Å². The third-order valence-corrected chi connectivity index (χ3v) is 4.31. The van der Waals surface area contributed by atoms with Gasteiger partial charge < -0.3 is 5.32 Å². The summed E-state index contributed by atoms with van der Waals surface area (Å²) in [6.45, 7) is 0.835. The van der Waals surface area contributed by atoms with Gasteiger partial charge in [0, 0.05) is 21.4 Å². The zero-order valence-corrected chi connectivity index (χ0v) is 12.2. The highest BCUT2D eigenvalue weighted by molar-refractivity contribution is 7.99. The molecule has 0 saturated carbocycles. The van der Waals surface area contributed by atoms with E-state index in [9.17, 15) is 0 Å². The SMILES string of the molecule is CNCc1ccccc1Sc1cc(Cl)ccc1Cl. The topological polar surface area (TPSA) is 12.0 Å². The standard InChI is InChI=1S/C14H13Cl2NS/c1-17-9-10-4-2-3-5-13(10)18-14-8-11(15)6-7-12(14)16/h2-8,17H,9H2,1H3. The van der Waals surface area contributed by atoms with Crippen molar-refractivity contribution in [3.8, 4) is 0 Å². The van der Waals surface area contributed by atoms with Gasteiger partial charge in [-0.3, -0.25) is 0 Å². The van der Waals surface area contributed by atoms with Crippen molar-refractivity contribution in [2.24, 2.45) is 0 Å². The van der Waals surface area contributed by atoms with Gasteiger partial charge in [0.05, 0.1) is 5.02 Å². The lowest BCUT2D eigenvalue weighted by Gasteiger charge is -2.10. The highest BCUT2D eigenvalue weighted by Gasteiger charge is 2.07. The molecule has 0 bridgehead atoms. The summed E-state index contributed by atoms with van der Waals surface area (Å²) in [4.78, 5) is 2.17. The summed E-state index contributed by atoms with van der Waals surface area (Å²) in [5.41, 5.74) is 1.25. The molecule has 0 saturated heterocycles. The summed E-state index contributed by atoms with van der Waals surface area (Å²) in [5.74, 6) is 0. The van der Waals surface area contributed by atoms with Gasteiger partial charge in [0.1, 0.15) is 0 Å². The predicted molar refractivity (Wildman–Crippen MR) is 79.8 cm³/mol. The summed E-state index contributed by atoms with van der Waals surface area (Å²) >= 11 is 13.8. The molecular weight excluding hydrogens is 285 g/mol. The van der Waals surface area contributed by atoms with Crippen LogP contribution in [0.25, 0.3) is 0 Å². The molecule has 0 atom stereocenters. The second kappa shape index (κ2) is 6.48. The van der Waals surface area contributed by atoms with Crippen molar-refractivity contribution in [3.63, 3.8) is 0 Å². The minimum Gasteiger partial charge on any atom is -0.316 e. The number of halogens is 2. The van der Waals surface area contributed by atoms with Crippen LogP contribution in [0.4, 0.5) is 0 Å². The van der Waals surface area contributed by atoms with Gasteiger partial charge in [0.2, 0.25) is 0 Å². The van der Waals surface area contributed by atoms with Gasteiger partial charge in [-0.15, -0.1) is 0 Å². The van der Waals surface area contributed by atoms with Gasteiger partial charge in [-0.2, -0.15) is 0 Å². The minimum absolute atomic E-state index is 0.702. The fraction of sp³-hybridized carbons (Fsp3) is 0.143. The highest BCUT2D eigenvalue weighted by Crippen LogP contribution is 2.36. The molecule has 4 heteroatoms. The van der Waals surface area contributed by atoms with Crippen LogP contribution in [0.2, 0.25) is 10.0 Å². The number of benzene rings is 2.